The van der Waals surface area contributed by atoms with E-state index in [9.17, 15) is 34.2 Å². The number of hydrogen-bond acceptors (Lipinski definition) is 9. The molecule has 0 aromatic rings. The number of nitrogens with one attached hydrogen (secondary N) is 3. The first-order valence-electron chi connectivity index (χ1n) is 8.46. The van der Waals surface area contributed by atoms with Crippen molar-refractivity contribution in [1.29, 1.82) is 0 Å². The van der Waals surface area contributed by atoms with Gasteiger partial charge < -0.3 is 42.7 Å². The number of aliphatic hydroxyl groups is 2. The molecular weight excluding hydrogens is 410 g/mol. The Kier molecular flexibility index (Phi) is 11.2. The van der Waals surface area contributed by atoms with Gasteiger partial charge in [-0.2, -0.15) is 12.6 Å². The van der Waals surface area contributed by atoms with Crippen molar-refractivity contribution in [2.45, 2.75) is 56.6 Å². The number of aliphatic hydroxyl groups excluding tert-OH is 2. The van der Waals surface area contributed by atoms with Gasteiger partial charge in [0.15, 0.2) is 0 Å². The Bertz CT molecular complexity index is 630. The van der Waals surface area contributed by atoms with Crippen molar-refractivity contribution in [3.05, 3.63) is 0 Å². The van der Waals surface area contributed by atoms with Gasteiger partial charge in [-0.05, 0) is 13.8 Å². The Labute approximate surface area is 172 Å². The van der Waals surface area contributed by atoms with Crippen LogP contribution in [0.2, 0.25) is 0 Å². The van der Waals surface area contributed by atoms with Crippen LogP contribution in [0.4, 0.5) is 0 Å². The Morgan fingerprint density at radius 3 is 1.66 bits per heavy atom. The monoisotopic (exact) mass is 437 g/mol. The summed E-state index contributed by atoms with van der Waals surface area (Å²) in [5.41, 5.74) is 10.4. The number of carbonyl (C=O) groups is 5. The highest BCUT2D eigenvalue weighted by atomic mass is 32.1. The van der Waals surface area contributed by atoms with Gasteiger partial charge in [-0.1, -0.05) is 0 Å². The van der Waals surface area contributed by atoms with E-state index in [0.29, 0.717) is 0 Å². The van der Waals surface area contributed by atoms with Crippen LogP contribution in [0.25, 0.3) is 0 Å². The summed E-state index contributed by atoms with van der Waals surface area (Å²) in [6, 6.07) is -5.93. The van der Waals surface area contributed by atoms with Gasteiger partial charge >= 0.3 is 5.97 Å². The fourth-order valence-electron chi connectivity index (χ4n) is 2.06. The molecule has 0 spiro atoms. The van der Waals surface area contributed by atoms with Crippen LogP contribution in [-0.4, -0.2) is 87.0 Å². The average Bonchev–Trinajstić information content (AvgIpc) is 2.61. The van der Waals surface area contributed by atoms with Gasteiger partial charge in [-0.3, -0.25) is 19.2 Å². The van der Waals surface area contributed by atoms with Crippen molar-refractivity contribution in [3.63, 3.8) is 0 Å². The summed E-state index contributed by atoms with van der Waals surface area (Å²) >= 11 is 3.85. The SMILES string of the molecule is CC(O)C(NC(=O)C(N)CS)C(=O)NC(C(=O)NC(CC(N)=O)C(=O)O)C(C)O. The van der Waals surface area contributed by atoms with Crippen molar-refractivity contribution in [2.24, 2.45) is 11.5 Å². The van der Waals surface area contributed by atoms with Gasteiger partial charge in [0.1, 0.15) is 18.1 Å². The molecule has 13 nitrogen and oxygen atoms in total. The third kappa shape index (κ3) is 9.08. The van der Waals surface area contributed by atoms with Crippen molar-refractivity contribution < 1.29 is 39.3 Å². The van der Waals surface area contributed by atoms with Gasteiger partial charge in [-0.15, -0.1) is 0 Å². The van der Waals surface area contributed by atoms with Gasteiger partial charge in [0, 0.05) is 5.75 Å². The number of nitrogens with two attached hydrogens (primary N) is 2. The van der Waals surface area contributed by atoms with E-state index < -0.39 is 72.4 Å². The van der Waals surface area contributed by atoms with E-state index >= 15 is 0 Å². The number of carboxylic acid groups (broad SMARTS) is 1. The van der Waals surface area contributed by atoms with Crippen LogP contribution in [0, 0.1) is 0 Å². The number of rotatable bonds is 12. The third-order valence-electron chi connectivity index (χ3n) is 3.68. The fourth-order valence-corrected chi connectivity index (χ4v) is 2.23. The van der Waals surface area contributed by atoms with Gasteiger partial charge in [0.05, 0.1) is 24.7 Å². The van der Waals surface area contributed by atoms with Crippen molar-refractivity contribution in [2.75, 3.05) is 5.75 Å². The normalized spacial score (nSPS) is 17.0. The zero-order valence-electron chi connectivity index (χ0n) is 15.9. The molecule has 29 heavy (non-hydrogen) atoms. The van der Waals surface area contributed by atoms with Crippen LogP contribution in [0.5, 0.6) is 0 Å². The van der Waals surface area contributed by atoms with Crippen molar-refractivity contribution in [1.82, 2.24) is 16.0 Å². The van der Waals surface area contributed by atoms with E-state index in [1.165, 1.54) is 6.92 Å². The Balaban J connectivity index is 5.34. The molecule has 0 aromatic carbocycles. The van der Waals surface area contributed by atoms with Gasteiger partial charge in [0.25, 0.3) is 0 Å². The Hall–Kier alpha value is -2.42. The summed E-state index contributed by atoms with van der Waals surface area (Å²) in [5.74, 6) is -5.52. The minimum absolute atomic E-state index is 0.0326. The smallest absolute Gasteiger partial charge is 0.326 e. The van der Waals surface area contributed by atoms with E-state index in [0.717, 1.165) is 6.92 Å². The molecule has 0 aliphatic carbocycles. The molecule has 0 radical (unpaired) electrons. The van der Waals surface area contributed by atoms with Crippen molar-refractivity contribution in [3.8, 4) is 0 Å². The summed E-state index contributed by atoms with van der Waals surface area (Å²) < 4.78 is 0. The number of aliphatic carboxylic acids is 1. The molecule has 10 N–H and O–H groups in total. The summed E-state index contributed by atoms with van der Waals surface area (Å²) in [7, 11) is 0. The number of primary amides is 1. The maximum absolute atomic E-state index is 12.4. The number of amides is 4. The topological polar surface area (TPSA) is 234 Å². The quantitative estimate of drug-likeness (QED) is 0.133. The molecule has 0 aromatic heterocycles. The van der Waals surface area contributed by atoms with Crippen LogP contribution in [0.1, 0.15) is 20.3 Å². The van der Waals surface area contributed by atoms with E-state index in [1.54, 1.807) is 0 Å². The van der Waals surface area contributed by atoms with Gasteiger partial charge in [-0.25, -0.2) is 4.79 Å². The number of carbonyl (C=O) groups excluding carboxylic acids is 4. The number of hydrogen-bond donors (Lipinski definition) is 9. The zero-order chi connectivity index (χ0) is 22.9. The van der Waals surface area contributed by atoms with E-state index in [1.807, 2.05) is 5.32 Å². The second-order valence-corrected chi connectivity index (χ2v) is 6.68. The summed E-state index contributed by atoms with van der Waals surface area (Å²) in [6.45, 7) is 2.34. The summed E-state index contributed by atoms with van der Waals surface area (Å²) in [4.78, 5) is 58.6. The predicted molar refractivity (Wildman–Crippen MR) is 102 cm³/mol. The first kappa shape index (κ1) is 26.6. The molecule has 0 rings (SSSR count). The lowest BCUT2D eigenvalue weighted by atomic mass is 10.1. The molecule has 0 heterocycles. The first-order chi connectivity index (χ1) is 13.3. The first-order valence-corrected chi connectivity index (χ1v) is 9.09. The van der Waals surface area contributed by atoms with Crippen LogP contribution < -0.4 is 27.4 Å². The standard InChI is InChI=1S/C15H27N5O8S/c1-5(21)10(13(25)18-8(15(27)28)3-9(17)23)20-14(26)11(6(2)22)19-12(24)7(16)4-29/h5-8,10-11,21-22,29H,3-4,16H2,1-2H3,(H2,17,23)(H,18,25)(H,19,24)(H,20,26)(H,27,28). The number of thiol groups is 1. The molecule has 0 fully saturated rings. The zero-order valence-corrected chi connectivity index (χ0v) is 16.8. The van der Waals surface area contributed by atoms with Gasteiger partial charge in [0.2, 0.25) is 23.6 Å². The largest absolute Gasteiger partial charge is 0.480 e. The summed E-state index contributed by atoms with van der Waals surface area (Å²) in [6.07, 6.45) is -3.60. The Morgan fingerprint density at radius 1 is 0.897 bits per heavy atom. The maximum atomic E-state index is 12.4. The Morgan fingerprint density at radius 2 is 1.31 bits per heavy atom. The minimum Gasteiger partial charge on any atom is -0.480 e. The van der Waals surface area contributed by atoms with Crippen molar-refractivity contribution >= 4 is 42.2 Å². The molecule has 0 saturated heterocycles. The molecule has 0 bridgehead atoms. The second kappa shape index (κ2) is 12.2. The summed E-state index contributed by atoms with van der Waals surface area (Å²) in [5, 5.41) is 34.9. The highest BCUT2D eigenvalue weighted by molar-refractivity contribution is 7.80. The molecule has 0 aliphatic heterocycles. The van der Waals surface area contributed by atoms with Crippen LogP contribution in [0.3, 0.4) is 0 Å². The molecule has 0 aliphatic rings. The molecule has 14 heteroatoms. The lowest BCUT2D eigenvalue weighted by Gasteiger charge is -2.27. The lowest BCUT2D eigenvalue weighted by molar-refractivity contribution is -0.144. The predicted octanol–water partition coefficient (Wildman–Crippen LogP) is -4.58. The van der Waals surface area contributed by atoms with E-state index in [-0.39, 0.29) is 5.75 Å². The van der Waals surface area contributed by atoms with Crippen LogP contribution >= 0.6 is 12.6 Å². The second-order valence-electron chi connectivity index (χ2n) is 6.31. The molecule has 0 saturated carbocycles. The molecule has 4 amide bonds. The highest BCUT2D eigenvalue weighted by Crippen LogP contribution is 2.02. The fraction of sp³-hybridized carbons (Fsp3) is 0.667. The number of carboxylic acids is 1. The lowest BCUT2D eigenvalue weighted by Crippen LogP contribution is -2.62. The van der Waals surface area contributed by atoms with E-state index in [4.69, 9.17) is 16.6 Å². The molecular formula is C15H27N5O8S. The van der Waals surface area contributed by atoms with E-state index in [2.05, 4.69) is 23.3 Å². The van der Waals surface area contributed by atoms with Crippen LogP contribution in [-0.2, 0) is 24.0 Å². The third-order valence-corrected chi connectivity index (χ3v) is 4.07. The van der Waals surface area contributed by atoms with Crippen LogP contribution in [0.15, 0.2) is 0 Å². The maximum Gasteiger partial charge on any atom is 0.326 e. The molecule has 166 valence electrons. The highest BCUT2D eigenvalue weighted by Gasteiger charge is 2.34. The molecule has 6 unspecified atom stereocenters. The minimum atomic E-state index is -1.68. The molecule has 6 atom stereocenters. The average molecular weight is 437 g/mol.